The topological polar surface area (TPSA) is 101 Å². The third-order valence-electron chi connectivity index (χ3n) is 4.14. The van der Waals surface area contributed by atoms with Gasteiger partial charge in [0, 0.05) is 6.04 Å². The lowest BCUT2D eigenvalue weighted by molar-refractivity contribution is 0.0522. The van der Waals surface area contributed by atoms with Gasteiger partial charge in [0.15, 0.2) is 5.03 Å². The first kappa shape index (κ1) is 16.0. The van der Waals surface area contributed by atoms with Gasteiger partial charge >= 0.3 is 5.97 Å². The molecule has 3 atom stereocenters. The Morgan fingerprint density at radius 3 is 2.76 bits per heavy atom. The Kier molecular flexibility index (Phi) is 4.67. The molecule has 2 N–H and O–H groups in total. The van der Waals surface area contributed by atoms with Gasteiger partial charge in [0.25, 0.3) is 10.0 Å². The second kappa shape index (κ2) is 6.15. The van der Waals surface area contributed by atoms with E-state index in [9.17, 15) is 13.2 Å². The summed E-state index contributed by atoms with van der Waals surface area (Å²) in [6, 6.07) is -0.122. The summed E-state index contributed by atoms with van der Waals surface area (Å²) in [7, 11) is -3.82. The molecule has 1 aromatic rings. The number of aromatic amines is 1. The molecule has 0 amide bonds. The van der Waals surface area contributed by atoms with Gasteiger partial charge in [-0.1, -0.05) is 13.8 Å². The van der Waals surface area contributed by atoms with Crippen LogP contribution >= 0.6 is 0 Å². The summed E-state index contributed by atoms with van der Waals surface area (Å²) in [5.74, 6) is 0.0391. The third kappa shape index (κ3) is 3.26. The van der Waals surface area contributed by atoms with Crippen LogP contribution in [-0.2, 0) is 14.8 Å². The lowest BCUT2D eigenvalue weighted by Gasteiger charge is -2.19. The fourth-order valence-electron chi connectivity index (χ4n) is 2.62. The highest BCUT2D eigenvalue weighted by atomic mass is 32.2. The highest BCUT2D eigenvalue weighted by Crippen LogP contribution is 2.32. The normalized spacial score (nSPS) is 26.0. The zero-order valence-electron chi connectivity index (χ0n) is 12.4. The number of nitrogens with one attached hydrogen (secondary N) is 2. The average Bonchev–Trinajstić information content (AvgIpc) is 3.02. The minimum Gasteiger partial charge on any atom is -0.462 e. The molecule has 0 spiro atoms. The Balaban J connectivity index is 2.21. The van der Waals surface area contributed by atoms with Crippen molar-refractivity contribution < 1.29 is 17.9 Å². The van der Waals surface area contributed by atoms with Crippen molar-refractivity contribution in [1.29, 1.82) is 0 Å². The van der Waals surface area contributed by atoms with Crippen molar-refractivity contribution in [2.45, 2.75) is 44.7 Å². The molecule has 0 aromatic carbocycles. The van der Waals surface area contributed by atoms with Crippen molar-refractivity contribution in [2.75, 3.05) is 6.61 Å². The molecule has 0 radical (unpaired) electrons. The Morgan fingerprint density at radius 2 is 2.19 bits per heavy atom. The maximum Gasteiger partial charge on any atom is 0.342 e. The van der Waals surface area contributed by atoms with E-state index in [0.29, 0.717) is 5.92 Å². The summed E-state index contributed by atoms with van der Waals surface area (Å²) in [4.78, 5) is 11.8. The van der Waals surface area contributed by atoms with Gasteiger partial charge in [0.1, 0.15) is 5.56 Å². The summed E-state index contributed by atoms with van der Waals surface area (Å²) in [5, 5.41) is 5.81. The van der Waals surface area contributed by atoms with Crippen molar-refractivity contribution in [1.82, 2.24) is 14.9 Å². The van der Waals surface area contributed by atoms with E-state index >= 15 is 0 Å². The van der Waals surface area contributed by atoms with E-state index in [2.05, 4.69) is 21.8 Å². The molecule has 0 aliphatic heterocycles. The van der Waals surface area contributed by atoms with E-state index in [-0.39, 0.29) is 29.2 Å². The van der Waals surface area contributed by atoms with E-state index in [0.717, 1.165) is 12.8 Å². The van der Waals surface area contributed by atoms with E-state index in [1.54, 1.807) is 6.92 Å². The minimum absolute atomic E-state index is 0.0666. The monoisotopic (exact) mass is 315 g/mol. The molecule has 2 rings (SSSR count). The summed E-state index contributed by atoms with van der Waals surface area (Å²) >= 11 is 0. The molecule has 0 saturated heterocycles. The predicted octanol–water partition coefficient (Wildman–Crippen LogP) is 1.30. The maximum absolute atomic E-state index is 12.4. The first-order chi connectivity index (χ1) is 9.86. The van der Waals surface area contributed by atoms with Gasteiger partial charge in [0.05, 0.1) is 12.8 Å². The molecule has 1 fully saturated rings. The van der Waals surface area contributed by atoms with Crippen LogP contribution in [0, 0.1) is 11.8 Å². The fourth-order valence-corrected chi connectivity index (χ4v) is 4.07. The number of hydrogen-bond acceptors (Lipinski definition) is 5. The molecular weight excluding hydrogens is 294 g/mol. The molecule has 8 heteroatoms. The molecule has 3 unspecified atom stereocenters. The van der Waals surface area contributed by atoms with Crippen molar-refractivity contribution in [3.63, 3.8) is 0 Å². The van der Waals surface area contributed by atoms with Gasteiger partial charge in [-0.05, 0) is 31.6 Å². The van der Waals surface area contributed by atoms with Gasteiger partial charge in [-0.15, -0.1) is 0 Å². The Hall–Kier alpha value is -1.41. The molecule has 1 aromatic heterocycles. The van der Waals surface area contributed by atoms with E-state index < -0.39 is 16.0 Å². The van der Waals surface area contributed by atoms with E-state index in [1.165, 1.54) is 6.20 Å². The summed E-state index contributed by atoms with van der Waals surface area (Å²) < 4.78 is 32.4. The van der Waals surface area contributed by atoms with Crippen LogP contribution in [0.2, 0.25) is 0 Å². The SMILES string of the molecule is CCOC(=O)c1cn[nH]c1S(=O)(=O)NC1CCC(C)C1C. The minimum atomic E-state index is -3.82. The molecule has 1 heterocycles. The van der Waals surface area contributed by atoms with Crippen LogP contribution < -0.4 is 4.72 Å². The highest BCUT2D eigenvalue weighted by molar-refractivity contribution is 7.89. The molecule has 118 valence electrons. The van der Waals surface area contributed by atoms with Crippen LogP contribution in [0.1, 0.15) is 44.0 Å². The first-order valence-corrected chi connectivity index (χ1v) is 8.58. The molecule has 21 heavy (non-hydrogen) atoms. The van der Waals surface area contributed by atoms with Gasteiger partial charge in [-0.3, -0.25) is 5.10 Å². The number of ether oxygens (including phenoxy) is 1. The van der Waals surface area contributed by atoms with Gasteiger partial charge < -0.3 is 4.74 Å². The second-order valence-electron chi connectivity index (χ2n) is 5.47. The molecule has 1 aliphatic rings. The number of carbonyl (C=O) groups is 1. The Morgan fingerprint density at radius 1 is 1.48 bits per heavy atom. The Bertz CT molecular complexity index is 611. The quantitative estimate of drug-likeness (QED) is 0.798. The van der Waals surface area contributed by atoms with Crippen LogP contribution in [-0.4, -0.2) is 37.2 Å². The Labute approximate surface area is 124 Å². The van der Waals surface area contributed by atoms with Crippen LogP contribution in [0.15, 0.2) is 11.2 Å². The van der Waals surface area contributed by atoms with Gasteiger partial charge in [-0.25, -0.2) is 17.9 Å². The smallest absolute Gasteiger partial charge is 0.342 e. The van der Waals surface area contributed by atoms with Crippen molar-refractivity contribution in [3.05, 3.63) is 11.8 Å². The molecule has 7 nitrogen and oxygen atoms in total. The van der Waals surface area contributed by atoms with Crippen LogP contribution in [0.25, 0.3) is 0 Å². The van der Waals surface area contributed by atoms with Crippen molar-refractivity contribution in [2.24, 2.45) is 11.8 Å². The molecule has 1 aliphatic carbocycles. The van der Waals surface area contributed by atoms with E-state index in [1.807, 2.05) is 6.92 Å². The highest BCUT2D eigenvalue weighted by Gasteiger charge is 2.35. The number of hydrogen-bond donors (Lipinski definition) is 2. The van der Waals surface area contributed by atoms with Crippen LogP contribution in [0.5, 0.6) is 0 Å². The summed E-state index contributed by atoms with van der Waals surface area (Å²) in [6.45, 7) is 5.98. The number of esters is 1. The van der Waals surface area contributed by atoms with Crippen LogP contribution in [0.4, 0.5) is 0 Å². The van der Waals surface area contributed by atoms with Gasteiger partial charge in [-0.2, -0.15) is 5.10 Å². The number of carbonyl (C=O) groups excluding carboxylic acids is 1. The molecular formula is C13H21N3O4S. The van der Waals surface area contributed by atoms with Crippen molar-refractivity contribution in [3.8, 4) is 0 Å². The first-order valence-electron chi connectivity index (χ1n) is 7.09. The zero-order valence-corrected chi connectivity index (χ0v) is 13.2. The number of sulfonamides is 1. The van der Waals surface area contributed by atoms with Crippen molar-refractivity contribution >= 4 is 16.0 Å². The largest absolute Gasteiger partial charge is 0.462 e. The lowest BCUT2D eigenvalue weighted by Crippen LogP contribution is -2.38. The zero-order chi connectivity index (χ0) is 15.6. The number of aromatic nitrogens is 2. The van der Waals surface area contributed by atoms with E-state index in [4.69, 9.17) is 4.74 Å². The van der Waals surface area contributed by atoms with Crippen LogP contribution in [0.3, 0.4) is 0 Å². The molecule has 1 saturated carbocycles. The fraction of sp³-hybridized carbons (Fsp3) is 0.692. The molecule has 0 bridgehead atoms. The number of H-pyrrole nitrogens is 1. The second-order valence-corrected chi connectivity index (χ2v) is 7.13. The number of rotatable bonds is 5. The predicted molar refractivity (Wildman–Crippen MR) is 76.2 cm³/mol. The standard InChI is InChI=1S/C13H21N3O4S/c1-4-20-13(17)10-7-14-15-12(10)21(18,19)16-11-6-5-8(2)9(11)3/h7-9,11,16H,4-6H2,1-3H3,(H,14,15). The summed E-state index contributed by atoms with van der Waals surface area (Å²) in [6.07, 6.45) is 2.96. The lowest BCUT2D eigenvalue weighted by atomic mass is 9.98. The summed E-state index contributed by atoms with van der Waals surface area (Å²) in [5.41, 5.74) is -0.0666. The number of nitrogens with zero attached hydrogens (tertiary/aromatic N) is 1. The maximum atomic E-state index is 12.4. The van der Waals surface area contributed by atoms with Gasteiger partial charge in [0.2, 0.25) is 0 Å². The third-order valence-corrected chi connectivity index (χ3v) is 5.60. The average molecular weight is 315 g/mol.